The average Bonchev–Trinajstić information content (AvgIpc) is 2.41. The molecule has 0 spiro atoms. The number of aromatic nitrogens is 2. The molecule has 1 atom stereocenters. The van der Waals surface area contributed by atoms with Gasteiger partial charge in [-0.05, 0) is 24.6 Å². The first-order valence-electron chi connectivity index (χ1n) is 5.43. The largest absolute Gasteiger partial charge is 0.348 e. The van der Waals surface area contributed by atoms with Crippen LogP contribution in [0.4, 0.5) is 10.3 Å². The summed E-state index contributed by atoms with van der Waals surface area (Å²) in [4.78, 5) is 7.66. The normalized spacial score (nSPS) is 11.6. The fraction of sp³-hybridized carbons (Fsp3) is 0.154. The maximum atomic E-state index is 12.6. The Balaban J connectivity index is 2.09. The van der Waals surface area contributed by atoms with Crippen molar-refractivity contribution < 1.29 is 4.39 Å². The molecule has 1 aromatic carbocycles. The molecule has 1 heterocycles. The van der Waals surface area contributed by atoms with Crippen molar-refractivity contribution in [3.63, 3.8) is 0 Å². The van der Waals surface area contributed by atoms with Crippen molar-refractivity contribution in [2.45, 2.75) is 13.0 Å². The van der Waals surface area contributed by atoms with Crippen molar-refractivity contribution in [2.24, 2.45) is 0 Å². The Morgan fingerprint density at radius 2 is 1.83 bits per heavy atom. The molecule has 0 saturated carbocycles. The standard InChI is InChI=1S/C13H11FN4/c1-9(11-4-2-10(6-15)3-5-11)18-13-16-7-12(14)8-17-13/h2-5,7-9H,1H3,(H,16,17,18). The van der Waals surface area contributed by atoms with E-state index in [0.29, 0.717) is 11.5 Å². The highest BCUT2D eigenvalue weighted by Gasteiger charge is 2.06. The summed E-state index contributed by atoms with van der Waals surface area (Å²) in [6.07, 6.45) is 2.22. The lowest BCUT2D eigenvalue weighted by molar-refractivity contribution is 0.613. The quantitative estimate of drug-likeness (QED) is 0.898. The first-order chi connectivity index (χ1) is 8.69. The minimum atomic E-state index is -0.466. The molecule has 1 aromatic heterocycles. The van der Waals surface area contributed by atoms with Gasteiger partial charge >= 0.3 is 0 Å². The van der Waals surface area contributed by atoms with Crippen LogP contribution in [0.1, 0.15) is 24.1 Å². The number of halogens is 1. The molecule has 0 bridgehead atoms. The van der Waals surface area contributed by atoms with Gasteiger partial charge in [-0.1, -0.05) is 12.1 Å². The maximum absolute atomic E-state index is 12.6. The van der Waals surface area contributed by atoms with Crippen LogP contribution < -0.4 is 5.32 Å². The van der Waals surface area contributed by atoms with Crippen molar-refractivity contribution in [3.05, 3.63) is 53.6 Å². The molecule has 0 fully saturated rings. The van der Waals surface area contributed by atoms with E-state index < -0.39 is 5.82 Å². The van der Waals surface area contributed by atoms with Crippen LogP contribution >= 0.6 is 0 Å². The Bertz CT molecular complexity index is 557. The number of nitrogens with one attached hydrogen (secondary N) is 1. The van der Waals surface area contributed by atoms with Crippen molar-refractivity contribution >= 4 is 5.95 Å². The summed E-state index contributed by atoms with van der Waals surface area (Å²) >= 11 is 0. The number of rotatable bonds is 3. The van der Waals surface area contributed by atoms with E-state index in [2.05, 4.69) is 21.4 Å². The Morgan fingerprint density at radius 3 is 2.39 bits per heavy atom. The second-order valence-electron chi connectivity index (χ2n) is 3.82. The Morgan fingerprint density at radius 1 is 1.22 bits per heavy atom. The number of anilines is 1. The molecule has 0 aliphatic heterocycles. The fourth-order valence-corrected chi connectivity index (χ4v) is 1.51. The molecule has 18 heavy (non-hydrogen) atoms. The summed E-state index contributed by atoms with van der Waals surface area (Å²) in [7, 11) is 0. The number of benzene rings is 1. The van der Waals surface area contributed by atoms with Crippen LogP contribution in [-0.4, -0.2) is 9.97 Å². The third-order valence-electron chi connectivity index (χ3n) is 2.51. The van der Waals surface area contributed by atoms with Gasteiger partial charge in [0.15, 0.2) is 5.82 Å². The van der Waals surface area contributed by atoms with E-state index >= 15 is 0 Å². The smallest absolute Gasteiger partial charge is 0.223 e. The molecule has 90 valence electrons. The van der Waals surface area contributed by atoms with Gasteiger partial charge < -0.3 is 5.32 Å². The highest BCUT2D eigenvalue weighted by atomic mass is 19.1. The summed E-state index contributed by atoms with van der Waals surface area (Å²) in [6, 6.07) is 9.26. The zero-order chi connectivity index (χ0) is 13.0. The molecule has 0 amide bonds. The summed E-state index contributed by atoms with van der Waals surface area (Å²) in [5.41, 5.74) is 1.62. The average molecular weight is 242 g/mol. The second-order valence-corrected chi connectivity index (χ2v) is 3.82. The first-order valence-corrected chi connectivity index (χ1v) is 5.43. The van der Waals surface area contributed by atoms with Crippen LogP contribution in [0.5, 0.6) is 0 Å². The van der Waals surface area contributed by atoms with E-state index in [1.54, 1.807) is 12.1 Å². The molecule has 0 aliphatic carbocycles. The van der Waals surface area contributed by atoms with Crippen molar-refractivity contribution in [1.29, 1.82) is 5.26 Å². The van der Waals surface area contributed by atoms with Crippen LogP contribution in [0.25, 0.3) is 0 Å². The zero-order valence-corrected chi connectivity index (χ0v) is 9.76. The van der Waals surface area contributed by atoms with Gasteiger partial charge in [-0.25, -0.2) is 14.4 Å². The van der Waals surface area contributed by atoms with Crippen LogP contribution in [0, 0.1) is 17.1 Å². The van der Waals surface area contributed by atoms with Gasteiger partial charge in [0.2, 0.25) is 5.95 Å². The molecule has 4 nitrogen and oxygen atoms in total. The zero-order valence-electron chi connectivity index (χ0n) is 9.76. The number of hydrogen-bond acceptors (Lipinski definition) is 4. The van der Waals surface area contributed by atoms with Crippen LogP contribution in [0.2, 0.25) is 0 Å². The van der Waals surface area contributed by atoms with E-state index in [1.807, 2.05) is 19.1 Å². The van der Waals surface area contributed by atoms with Crippen LogP contribution in [-0.2, 0) is 0 Å². The van der Waals surface area contributed by atoms with Crippen LogP contribution in [0.15, 0.2) is 36.7 Å². The van der Waals surface area contributed by atoms with Gasteiger partial charge in [0.25, 0.3) is 0 Å². The minimum absolute atomic E-state index is 0.0248. The predicted octanol–water partition coefficient (Wildman–Crippen LogP) is 2.66. The van der Waals surface area contributed by atoms with E-state index in [1.165, 1.54) is 0 Å². The molecule has 2 rings (SSSR count). The van der Waals surface area contributed by atoms with E-state index in [9.17, 15) is 4.39 Å². The molecule has 0 radical (unpaired) electrons. The van der Waals surface area contributed by atoms with Gasteiger partial charge in [0.05, 0.1) is 30.1 Å². The molecule has 1 N–H and O–H groups in total. The predicted molar refractivity (Wildman–Crippen MR) is 65.2 cm³/mol. The molecule has 0 aliphatic rings. The van der Waals surface area contributed by atoms with Gasteiger partial charge in [-0.2, -0.15) is 5.26 Å². The van der Waals surface area contributed by atoms with E-state index in [0.717, 1.165) is 18.0 Å². The molecule has 2 aromatic rings. The topological polar surface area (TPSA) is 61.6 Å². The van der Waals surface area contributed by atoms with E-state index in [-0.39, 0.29) is 6.04 Å². The molecule has 0 saturated heterocycles. The summed E-state index contributed by atoms with van der Waals surface area (Å²) in [6.45, 7) is 1.94. The highest BCUT2D eigenvalue weighted by Crippen LogP contribution is 2.16. The Kier molecular flexibility index (Phi) is 3.49. The van der Waals surface area contributed by atoms with Gasteiger partial charge in [0, 0.05) is 0 Å². The lowest BCUT2D eigenvalue weighted by atomic mass is 10.1. The number of nitriles is 1. The Labute approximate surface area is 104 Å². The first kappa shape index (κ1) is 12.0. The van der Waals surface area contributed by atoms with Gasteiger partial charge in [-0.15, -0.1) is 0 Å². The van der Waals surface area contributed by atoms with Gasteiger partial charge in [-0.3, -0.25) is 0 Å². The SMILES string of the molecule is CC(Nc1ncc(F)cn1)c1ccc(C#N)cc1. The third-order valence-corrected chi connectivity index (χ3v) is 2.51. The lowest BCUT2D eigenvalue weighted by Gasteiger charge is -2.13. The van der Waals surface area contributed by atoms with Crippen molar-refractivity contribution in [1.82, 2.24) is 9.97 Å². The third kappa shape index (κ3) is 2.80. The maximum Gasteiger partial charge on any atom is 0.223 e. The summed E-state index contributed by atoms with van der Waals surface area (Å²) in [5, 5.41) is 11.8. The molecular formula is C13H11FN4. The fourth-order valence-electron chi connectivity index (χ4n) is 1.51. The minimum Gasteiger partial charge on any atom is -0.348 e. The molecule has 1 unspecified atom stereocenters. The van der Waals surface area contributed by atoms with E-state index in [4.69, 9.17) is 5.26 Å². The highest BCUT2D eigenvalue weighted by molar-refractivity contribution is 5.36. The molecule has 5 heteroatoms. The monoisotopic (exact) mass is 242 g/mol. The van der Waals surface area contributed by atoms with Crippen molar-refractivity contribution in [2.75, 3.05) is 5.32 Å². The van der Waals surface area contributed by atoms with Gasteiger partial charge in [0.1, 0.15) is 0 Å². The number of hydrogen-bond donors (Lipinski definition) is 1. The Hall–Kier alpha value is -2.48. The molecular weight excluding hydrogens is 231 g/mol. The second kappa shape index (κ2) is 5.23. The van der Waals surface area contributed by atoms with Crippen molar-refractivity contribution in [3.8, 4) is 6.07 Å². The van der Waals surface area contributed by atoms with Crippen LogP contribution in [0.3, 0.4) is 0 Å². The summed E-state index contributed by atoms with van der Waals surface area (Å²) in [5.74, 6) is -0.0974. The summed E-state index contributed by atoms with van der Waals surface area (Å²) < 4.78 is 12.6. The number of nitrogens with zero attached hydrogens (tertiary/aromatic N) is 3. The lowest BCUT2D eigenvalue weighted by Crippen LogP contribution is -2.09.